The first-order valence-corrected chi connectivity index (χ1v) is 7.81. The molecule has 0 bridgehead atoms. The smallest absolute Gasteiger partial charge is 0.240 e. The van der Waals surface area contributed by atoms with Gasteiger partial charge in [-0.15, -0.1) is 0 Å². The lowest BCUT2D eigenvalue weighted by molar-refractivity contribution is 0.521. The van der Waals surface area contributed by atoms with Crippen molar-refractivity contribution in [2.24, 2.45) is 11.7 Å². The Balaban J connectivity index is 2.17. The van der Waals surface area contributed by atoms with E-state index >= 15 is 0 Å². The summed E-state index contributed by atoms with van der Waals surface area (Å²) in [5.41, 5.74) is 6.53. The van der Waals surface area contributed by atoms with Gasteiger partial charge in [-0.25, -0.2) is 13.1 Å². The Morgan fingerprint density at radius 1 is 1.32 bits per heavy atom. The molecule has 1 fully saturated rings. The van der Waals surface area contributed by atoms with Crippen LogP contribution in [0.4, 0.5) is 0 Å². The van der Waals surface area contributed by atoms with Crippen LogP contribution >= 0.6 is 0 Å². The summed E-state index contributed by atoms with van der Waals surface area (Å²) in [4.78, 5) is 0.257. The molecule has 1 saturated carbocycles. The Morgan fingerprint density at radius 3 is 2.53 bits per heavy atom. The van der Waals surface area contributed by atoms with Crippen molar-refractivity contribution in [1.29, 1.82) is 5.41 Å². The molecule has 0 radical (unpaired) electrons. The van der Waals surface area contributed by atoms with Gasteiger partial charge in [-0.2, -0.15) is 0 Å². The van der Waals surface area contributed by atoms with Crippen LogP contribution in [0.1, 0.15) is 24.8 Å². The summed E-state index contributed by atoms with van der Waals surface area (Å²) < 4.78 is 27.2. The third kappa shape index (κ3) is 3.13. The first kappa shape index (κ1) is 14.0. The second-order valence-electron chi connectivity index (χ2n) is 5.03. The van der Waals surface area contributed by atoms with E-state index in [1.165, 1.54) is 0 Å². The van der Waals surface area contributed by atoms with E-state index in [0.29, 0.717) is 0 Å². The van der Waals surface area contributed by atoms with Crippen molar-refractivity contribution in [1.82, 2.24) is 4.72 Å². The average molecular weight is 281 g/mol. The van der Waals surface area contributed by atoms with Gasteiger partial charge in [0.1, 0.15) is 0 Å². The molecule has 0 amide bonds. The van der Waals surface area contributed by atoms with Crippen molar-refractivity contribution in [2.45, 2.75) is 37.1 Å². The van der Waals surface area contributed by atoms with Gasteiger partial charge >= 0.3 is 0 Å². The molecule has 1 aromatic carbocycles. The van der Waals surface area contributed by atoms with Crippen LogP contribution in [-0.2, 0) is 10.0 Å². The molecule has 6 heteroatoms. The van der Waals surface area contributed by atoms with Crippen LogP contribution in [0, 0.1) is 18.3 Å². The number of nitrogens with one attached hydrogen (secondary N) is 2. The monoisotopic (exact) mass is 281 g/mol. The van der Waals surface area contributed by atoms with Crippen LogP contribution in [0.5, 0.6) is 0 Å². The molecule has 19 heavy (non-hydrogen) atoms. The number of hydrogen-bond donors (Lipinski definition) is 3. The van der Waals surface area contributed by atoms with E-state index < -0.39 is 10.0 Å². The third-order valence-electron chi connectivity index (χ3n) is 3.55. The topological polar surface area (TPSA) is 96.0 Å². The molecule has 0 heterocycles. The third-order valence-corrected chi connectivity index (χ3v) is 5.06. The molecule has 1 aromatic rings. The molecule has 0 aromatic heterocycles. The van der Waals surface area contributed by atoms with E-state index in [2.05, 4.69) is 4.72 Å². The lowest BCUT2D eigenvalue weighted by Gasteiger charge is -2.19. The van der Waals surface area contributed by atoms with Gasteiger partial charge in [0.2, 0.25) is 10.0 Å². The highest BCUT2D eigenvalue weighted by Gasteiger charge is 2.32. The maximum atomic E-state index is 12.2. The van der Waals surface area contributed by atoms with Crippen molar-refractivity contribution in [3.8, 4) is 0 Å². The molecule has 0 aliphatic heterocycles. The lowest BCUT2D eigenvalue weighted by atomic mass is 10.0. The first-order valence-electron chi connectivity index (χ1n) is 6.33. The van der Waals surface area contributed by atoms with Crippen molar-refractivity contribution in [3.63, 3.8) is 0 Å². The average Bonchev–Trinajstić information content (AvgIpc) is 2.77. The van der Waals surface area contributed by atoms with Crippen LogP contribution in [0.2, 0.25) is 0 Å². The van der Waals surface area contributed by atoms with E-state index in [4.69, 9.17) is 11.1 Å². The molecule has 2 atom stereocenters. The van der Waals surface area contributed by atoms with Gasteiger partial charge in [0.15, 0.2) is 0 Å². The molecule has 2 rings (SSSR count). The summed E-state index contributed by atoms with van der Waals surface area (Å²) >= 11 is 0. The minimum Gasteiger partial charge on any atom is -0.387 e. The quantitative estimate of drug-likeness (QED) is 0.574. The predicted molar refractivity (Wildman–Crippen MR) is 74.5 cm³/mol. The summed E-state index contributed by atoms with van der Waals surface area (Å²) in [6.07, 6.45) is 2.40. The normalized spacial score (nSPS) is 23.4. The van der Waals surface area contributed by atoms with Crippen LogP contribution in [-0.4, -0.2) is 20.3 Å². The van der Waals surface area contributed by atoms with Crippen LogP contribution in [0.15, 0.2) is 29.2 Å². The zero-order chi connectivity index (χ0) is 14.0. The number of rotatable bonds is 4. The second-order valence-corrected chi connectivity index (χ2v) is 6.75. The van der Waals surface area contributed by atoms with E-state index in [1.807, 2.05) is 6.92 Å². The molecule has 1 aliphatic rings. The zero-order valence-corrected chi connectivity index (χ0v) is 11.7. The Labute approximate surface area is 113 Å². The molecule has 4 N–H and O–H groups in total. The minimum atomic E-state index is -3.53. The van der Waals surface area contributed by atoms with Gasteiger partial charge in [0.05, 0.1) is 10.7 Å². The summed E-state index contributed by atoms with van der Waals surface area (Å²) in [7, 11) is -3.53. The maximum Gasteiger partial charge on any atom is 0.240 e. The summed E-state index contributed by atoms with van der Waals surface area (Å²) in [5, 5.41) is 7.51. The zero-order valence-electron chi connectivity index (χ0n) is 10.9. The van der Waals surface area contributed by atoms with Gasteiger partial charge in [0.25, 0.3) is 0 Å². The lowest BCUT2D eigenvalue weighted by Crippen LogP contribution is -2.41. The van der Waals surface area contributed by atoms with Crippen molar-refractivity contribution in [3.05, 3.63) is 29.8 Å². The molecular weight excluding hydrogens is 262 g/mol. The standard InChI is InChI=1S/C13H19N3O2S/c1-9-5-7-10(8-6-9)19(17,18)16-12-4-2-3-11(12)13(14)15/h5-8,11-12,16H,2-4H2,1H3,(H3,14,15). The molecule has 2 unspecified atom stereocenters. The SMILES string of the molecule is Cc1ccc(S(=O)(=O)NC2CCCC2C(=N)N)cc1. The highest BCUT2D eigenvalue weighted by atomic mass is 32.2. The molecule has 0 spiro atoms. The van der Waals surface area contributed by atoms with Gasteiger partial charge in [-0.1, -0.05) is 24.1 Å². The van der Waals surface area contributed by atoms with E-state index in [9.17, 15) is 8.42 Å². The Morgan fingerprint density at radius 2 is 1.95 bits per heavy atom. The fraction of sp³-hybridized carbons (Fsp3) is 0.462. The van der Waals surface area contributed by atoms with Gasteiger partial charge in [-0.3, -0.25) is 5.41 Å². The highest BCUT2D eigenvalue weighted by Crippen LogP contribution is 2.27. The Hall–Kier alpha value is -1.40. The number of sulfonamides is 1. The van der Waals surface area contributed by atoms with E-state index in [1.54, 1.807) is 24.3 Å². The molecule has 5 nitrogen and oxygen atoms in total. The second kappa shape index (κ2) is 5.30. The van der Waals surface area contributed by atoms with Gasteiger partial charge < -0.3 is 5.73 Å². The fourth-order valence-corrected chi connectivity index (χ4v) is 3.77. The summed E-state index contributed by atoms with van der Waals surface area (Å²) in [6.45, 7) is 1.91. The summed E-state index contributed by atoms with van der Waals surface area (Å²) in [5.74, 6) is -0.116. The molecule has 104 valence electrons. The highest BCUT2D eigenvalue weighted by molar-refractivity contribution is 7.89. The number of benzene rings is 1. The van der Waals surface area contributed by atoms with Crippen LogP contribution in [0.3, 0.4) is 0 Å². The van der Waals surface area contributed by atoms with Gasteiger partial charge in [-0.05, 0) is 31.9 Å². The predicted octanol–water partition coefficient (Wildman–Crippen LogP) is 1.38. The van der Waals surface area contributed by atoms with E-state index in [-0.39, 0.29) is 22.7 Å². The van der Waals surface area contributed by atoms with Crippen molar-refractivity contribution < 1.29 is 8.42 Å². The van der Waals surface area contributed by atoms with Gasteiger partial charge in [0, 0.05) is 12.0 Å². The number of nitrogens with two attached hydrogens (primary N) is 1. The molecule has 0 saturated heterocycles. The first-order chi connectivity index (χ1) is 8.90. The van der Waals surface area contributed by atoms with Crippen LogP contribution < -0.4 is 10.5 Å². The Kier molecular flexibility index (Phi) is 3.91. The van der Waals surface area contributed by atoms with Crippen molar-refractivity contribution in [2.75, 3.05) is 0 Å². The number of aryl methyl sites for hydroxylation is 1. The fourth-order valence-electron chi connectivity index (χ4n) is 2.46. The minimum absolute atomic E-state index is 0.0640. The van der Waals surface area contributed by atoms with E-state index in [0.717, 1.165) is 24.8 Å². The van der Waals surface area contributed by atoms with Crippen LogP contribution in [0.25, 0.3) is 0 Å². The number of amidine groups is 1. The maximum absolute atomic E-state index is 12.2. The Bertz CT molecular complexity index is 566. The summed E-state index contributed by atoms with van der Waals surface area (Å²) in [6, 6.07) is 6.46. The largest absolute Gasteiger partial charge is 0.387 e. The van der Waals surface area contributed by atoms with Crippen molar-refractivity contribution >= 4 is 15.9 Å². The number of hydrogen-bond acceptors (Lipinski definition) is 3. The molecular formula is C13H19N3O2S. The molecule has 1 aliphatic carbocycles.